The maximum atomic E-state index is 13.1. The summed E-state index contributed by atoms with van der Waals surface area (Å²) in [6.45, 7) is 2.39. The number of carbonyl (C=O) groups is 1. The molecule has 3 heteroatoms. The van der Waals surface area contributed by atoms with E-state index in [2.05, 4.69) is 0 Å². The van der Waals surface area contributed by atoms with Crippen LogP contribution in [0.5, 0.6) is 0 Å². The van der Waals surface area contributed by atoms with Crippen molar-refractivity contribution < 1.29 is 9.18 Å². The van der Waals surface area contributed by atoms with Crippen LogP contribution in [0.25, 0.3) is 0 Å². The Bertz CT molecular complexity index is 595. The van der Waals surface area contributed by atoms with E-state index in [-0.39, 0.29) is 11.7 Å². The molecule has 0 aliphatic carbocycles. The van der Waals surface area contributed by atoms with E-state index in [9.17, 15) is 9.18 Å². The Morgan fingerprint density at radius 3 is 2.50 bits per heavy atom. The van der Waals surface area contributed by atoms with Crippen molar-refractivity contribution >= 4 is 5.91 Å². The van der Waals surface area contributed by atoms with E-state index in [1.54, 1.807) is 24.9 Å². The highest BCUT2D eigenvalue weighted by molar-refractivity contribution is 5.95. The summed E-state index contributed by atoms with van der Waals surface area (Å²) in [6.07, 6.45) is 0.809. The zero-order valence-electron chi connectivity index (χ0n) is 11.8. The molecule has 0 N–H and O–H groups in total. The number of rotatable bonds is 4. The molecule has 2 nitrogen and oxygen atoms in total. The minimum absolute atomic E-state index is 0.0709. The SMILES string of the molecule is Cc1cc(F)ccc1C(=O)N(C)CCc1ccccc1. The predicted octanol–water partition coefficient (Wildman–Crippen LogP) is 3.45. The zero-order chi connectivity index (χ0) is 14.5. The van der Waals surface area contributed by atoms with Gasteiger partial charge in [0.2, 0.25) is 0 Å². The Labute approximate surface area is 118 Å². The molecule has 2 aromatic carbocycles. The van der Waals surface area contributed by atoms with Crippen molar-refractivity contribution in [1.82, 2.24) is 4.90 Å². The molecule has 0 spiro atoms. The molecule has 0 saturated heterocycles. The van der Waals surface area contributed by atoms with Gasteiger partial charge in [-0.1, -0.05) is 30.3 Å². The summed E-state index contributed by atoms with van der Waals surface area (Å²) in [6, 6.07) is 14.3. The summed E-state index contributed by atoms with van der Waals surface area (Å²) in [5.41, 5.74) is 2.42. The molecular formula is C17H18FNO. The largest absolute Gasteiger partial charge is 0.341 e. The summed E-state index contributed by atoms with van der Waals surface area (Å²) in [7, 11) is 1.77. The standard InChI is InChI=1S/C17H18FNO/c1-13-12-15(18)8-9-16(13)17(20)19(2)11-10-14-6-4-3-5-7-14/h3-9,12H,10-11H2,1-2H3. The van der Waals surface area contributed by atoms with Crippen LogP contribution < -0.4 is 0 Å². The number of aryl methyl sites for hydroxylation is 1. The first-order valence-electron chi connectivity index (χ1n) is 6.63. The lowest BCUT2D eigenvalue weighted by Gasteiger charge is -2.18. The monoisotopic (exact) mass is 271 g/mol. The second kappa shape index (κ2) is 6.33. The van der Waals surface area contributed by atoms with Crippen LogP contribution in [0.2, 0.25) is 0 Å². The zero-order valence-corrected chi connectivity index (χ0v) is 11.8. The van der Waals surface area contributed by atoms with Gasteiger partial charge in [0.25, 0.3) is 5.91 Å². The minimum Gasteiger partial charge on any atom is -0.341 e. The van der Waals surface area contributed by atoms with Gasteiger partial charge in [-0.05, 0) is 42.7 Å². The van der Waals surface area contributed by atoms with Gasteiger partial charge in [0.1, 0.15) is 5.82 Å². The Morgan fingerprint density at radius 2 is 1.85 bits per heavy atom. The Morgan fingerprint density at radius 1 is 1.15 bits per heavy atom. The van der Waals surface area contributed by atoms with Crippen LogP contribution in [0, 0.1) is 12.7 Å². The van der Waals surface area contributed by atoms with E-state index in [0.29, 0.717) is 17.7 Å². The van der Waals surface area contributed by atoms with Crippen LogP contribution >= 0.6 is 0 Å². The van der Waals surface area contributed by atoms with Crippen molar-refractivity contribution in [3.8, 4) is 0 Å². The molecule has 0 atom stereocenters. The molecule has 0 fully saturated rings. The van der Waals surface area contributed by atoms with Crippen molar-refractivity contribution in [3.63, 3.8) is 0 Å². The number of likely N-dealkylation sites (N-methyl/N-ethyl adjacent to an activating group) is 1. The number of hydrogen-bond donors (Lipinski definition) is 0. The third kappa shape index (κ3) is 3.44. The van der Waals surface area contributed by atoms with Gasteiger partial charge in [-0.25, -0.2) is 4.39 Å². The molecule has 0 radical (unpaired) electrons. The van der Waals surface area contributed by atoms with Crippen LogP contribution in [-0.2, 0) is 6.42 Å². The smallest absolute Gasteiger partial charge is 0.253 e. The summed E-state index contributed by atoms with van der Waals surface area (Å²) in [5.74, 6) is -0.385. The van der Waals surface area contributed by atoms with Crippen LogP contribution in [0.15, 0.2) is 48.5 Å². The minimum atomic E-state index is -0.314. The van der Waals surface area contributed by atoms with Gasteiger partial charge in [0.05, 0.1) is 0 Å². The van der Waals surface area contributed by atoms with E-state index in [1.807, 2.05) is 30.3 Å². The number of benzene rings is 2. The normalized spacial score (nSPS) is 10.3. The second-order valence-corrected chi connectivity index (χ2v) is 4.92. The van der Waals surface area contributed by atoms with E-state index in [4.69, 9.17) is 0 Å². The molecule has 0 unspecified atom stereocenters. The lowest BCUT2D eigenvalue weighted by molar-refractivity contribution is 0.0796. The van der Waals surface area contributed by atoms with Gasteiger partial charge in [-0.15, -0.1) is 0 Å². The molecule has 20 heavy (non-hydrogen) atoms. The third-order valence-electron chi connectivity index (χ3n) is 3.34. The van der Waals surface area contributed by atoms with Crippen LogP contribution in [0.3, 0.4) is 0 Å². The molecule has 0 saturated carbocycles. The van der Waals surface area contributed by atoms with Gasteiger partial charge in [-0.3, -0.25) is 4.79 Å². The first-order chi connectivity index (χ1) is 9.58. The van der Waals surface area contributed by atoms with E-state index >= 15 is 0 Å². The van der Waals surface area contributed by atoms with Gasteiger partial charge < -0.3 is 4.90 Å². The maximum absolute atomic E-state index is 13.1. The third-order valence-corrected chi connectivity index (χ3v) is 3.34. The van der Waals surface area contributed by atoms with Crippen molar-refractivity contribution in [3.05, 3.63) is 71.0 Å². The highest BCUT2D eigenvalue weighted by Gasteiger charge is 2.14. The predicted molar refractivity (Wildman–Crippen MR) is 78.2 cm³/mol. The molecule has 0 aliphatic heterocycles. The molecule has 0 aromatic heterocycles. The van der Waals surface area contributed by atoms with E-state index < -0.39 is 0 Å². The first kappa shape index (κ1) is 14.3. The highest BCUT2D eigenvalue weighted by Crippen LogP contribution is 2.12. The Kier molecular flexibility index (Phi) is 4.51. The number of hydrogen-bond acceptors (Lipinski definition) is 1. The molecule has 0 bridgehead atoms. The van der Waals surface area contributed by atoms with Crippen molar-refractivity contribution in [2.75, 3.05) is 13.6 Å². The number of amides is 1. The summed E-state index contributed by atoms with van der Waals surface area (Å²) in [4.78, 5) is 14.0. The quantitative estimate of drug-likeness (QED) is 0.834. The fourth-order valence-corrected chi connectivity index (χ4v) is 2.12. The van der Waals surface area contributed by atoms with Gasteiger partial charge >= 0.3 is 0 Å². The number of halogens is 1. The Hall–Kier alpha value is -2.16. The van der Waals surface area contributed by atoms with Crippen molar-refractivity contribution in [1.29, 1.82) is 0 Å². The second-order valence-electron chi connectivity index (χ2n) is 4.92. The fourth-order valence-electron chi connectivity index (χ4n) is 2.12. The average Bonchev–Trinajstić information content (AvgIpc) is 2.45. The summed E-state index contributed by atoms with van der Waals surface area (Å²) >= 11 is 0. The number of carbonyl (C=O) groups excluding carboxylic acids is 1. The molecule has 104 valence electrons. The molecule has 1 amide bonds. The van der Waals surface area contributed by atoms with Crippen LogP contribution in [0.1, 0.15) is 21.5 Å². The van der Waals surface area contributed by atoms with Gasteiger partial charge in [0, 0.05) is 19.2 Å². The van der Waals surface area contributed by atoms with Gasteiger partial charge in [-0.2, -0.15) is 0 Å². The Balaban J connectivity index is 2.01. The number of nitrogens with zero attached hydrogens (tertiary/aromatic N) is 1. The van der Waals surface area contributed by atoms with Gasteiger partial charge in [0.15, 0.2) is 0 Å². The molecule has 0 heterocycles. The van der Waals surface area contributed by atoms with Crippen molar-refractivity contribution in [2.45, 2.75) is 13.3 Å². The summed E-state index contributed by atoms with van der Waals surface area (Å²) < 4.78 is 13.1. The highest BCUT2D eigenvalue weighted by atomic mass is 19.1. The molecule has 0 aliphatic rings. The molecule has 2 aromatic rings. The van der Waals surface area contributed by atoms with Crippen LogP contribution in [-0.4, -0.2) is 24.4 Å². The molecular weight excluding hydrogens is 253 g/mol. The van der Waals surface area contributed by atoms with Crippen LogP contribution in [0.4, 0.5) is 4.39 Å². The maximum Gasteiger partial charge on any atom is 0.253 e. The molecule has 2 rings (SSSR count). The topological polar surface area (TPSA) is 20.3 Å². The van der Waals surface area contributed by atoms with E-state index in [1.165, 1.54) is 17.7 Å². The van der Waals surface area contributed by atoms with Crippen molar-refractivity contribution in [2.24, 2.45) is 0 Å². The average molecular weight is 271 g/mol. The fraction of sp³-hybridized carbons (Fsp3) is 0.235. The van der Waals surface area contributed by atoms with E-state index in [0.717, 1.165) is 6.42 Å². The summed E-state index contributed by atoms with van der Waals surface area (Å²) in [5, 5.41) is 0. The first-order valence-corrected chi connectivity index (χ1v) is 6.63. The lowest BCUT2D eigenvalue weighted by atomic mass is 10.1. The lowest BCUT2D eigenvalue weighted by Crippen LogP contribution is -2.29.